The Hall–Kier alpha value is -2.66. The van der Waals surface area contributed by atoms with Gasteiger partial charge in [-0.3, -0.25) is 0 Å². The van der Waals surface area contributed by atoms with Crippen molar-refractivity contribution in [3.63, 3.8) is 0 Å². The van der Waals surface area contributed by atoms with Gasteiger partial charge in [-0.2, -0.15) is 8.82 Å². The maximum atomic E-state index is 13.5. The number of piperidine rings is 1. The SMILES string of the molecule is O=S(=O)(c1cc(F)cc(F)c1)N1C2CC1CN(c1ccc3nncn3n1)C2. The van der Waals surface area contributed by atoms with Gasteiger partial charge in [0, 0.05) is 31.2 Å². The van der Waals surface area contributed by atoms with Crippen molar-refractivity contribution in [2.75, 3.05) is 18.0 Å². The summed E-state index contributed by atoms with van der Waals surface area (Å²) < 4.78 is 55.6. The first kappa shape index (κ1) is 16.5. The smallest absolute Gasteiger partial charge is 0.243 e. The van der Waals surface area contributed by atoms with E-state index in [2.05, 4.69) is 15.3 Å². The number of piperazine rings is 1. The predicted octanol–water partition coefficient (Wildman–Crippen LogP) is 1.05. The first-order valence-corrected chi connectivity index (χ1v) is 9.77. The molecule has 3 saturated heterocycles. The number of fused-ring (bicyclic) bond motifs is 3. The molecule has 8 nitrogen and oxygen atoms in total. The number of benzene rings is 1. The Morgan fingerprint density at radius 2 is 1.74 bits per heavy atom. The summed E-state index contributed by atoms with van der Waals surface area (Å²) in [6, 6.07) is 5.44. The van der Waals surface area contributed by atoms with Gasteiger partial charge in [0.1, 0.15) is 23.8 Å². The first-order valence-electron chi connectivity index (χ1n) is 8.33. The highest BCUT2D eigenvalue weighted by Gasteiger charge is 2.51. The van der Waals surface area contributed by atoms with E-state index in [9.17, 15) is 17.2 Å². The molecule has 5 heterocycles. The van der Waals surface area contributed by atoms with E-state index in [4.69, 9.17) is 0 Å². The van der Waals surface area contributed by atoms with Crippen LogP contribution in [-0.4, -0.2) is 57.7 Å². The van der Waals surface area contributed by atoms with E-state index >= 15 is 0 Å². The number of rotatable bonds is 3. The number of sulfonamides is 1. The van der Waals surface area contributed by atoms with E-state index in [0.717, 1.165) is 12.1 Å². The fraction of sp³-hybridized carbons (Fsp3) is 0.312. The minimum absolute atomic E-state index is 0.265. The number of hydrogen-bond donors (Lipinski definition) is 0. The molecule has 2 unspecified atom stereocenters. The Balaban J connectivity index is 1.41. The van der Waals surface area contributed by atoms with Crippen LogP contribution in [0.1, 0.15) is 6.42 Å². The maximum Gasteiger partial charge on any atom is 0.243 e. The summed E-state index contributed by atoms with van der Waals surface area (Å²) >= 11 is 0. The van der Waals surface area contributed by atoms with Crippen LogP contribution < -0.4 is 4.90 Å². The summed E-state index contributed by atoms with van der Waals surface area (Å²) in [7, 11) is -3.96. The molecule has 0 aliphatic carbocycles. The van der Waals surface area contributed by atoms with Gasteiger partial charge in [0.05, 0.1) is 4.90 Å². The molecular formula is C16H14F2N6O2S. The van der Waals surface area contributed by atoms with Crippen LogP contribution >= 0.6 is 0 Å². The molecule has 2 atom stereocenters. The second-order valence-electron chi connectivity index (χ2n) is 6.71. The monoisotopic (exact) mass is 392 g/mol. The van der Waals surface area contributed by atoms with Crippen LogP contribution in [0.4, 0.5) is 14.6 Å². The Morgan fingerprint density at radius 3 is 2.44 bits per heavy atom. The molecule has 3 aliphatic rings. The van der Waals surface area contributed by atoms with Crippen molar-refractivity contribution in [1.82, 2.24) is 24.1 Å². The lowest BCUT2D eigenvalue weighted by Gasteiger charge is -2.55. The van der Waals surface area contributed by atoms with E-state index < -0.39 is 21.7 Å². The van der Waals surface area contributed by atoms with E-state index in [1.807, 2.05) is 11.0 Å². The van der Waals surface area contributed by atoms with Gasteiger partial charge in [0.2, 0.25) is 10.0 Å². The molecule has 0 spiro atoms. The van der Waals surface area contributed by atoms with Crippen molar-refractivity contribution >= 4 is 21.5 Å². The highest BCUT2D eigenvalue weighted by molar-refractivity contribution is 7.89. The number of aromatic nitrogens is 4. The summed E-state index contributed by atoms with van der Waals surface area (Å²) in [6.45, 7) is 0.905. The largest absolute Gasteiger partial charge is 0.352 e. The molecule has 3 aliphatic heterocycles. The molecule has 2 aromatic heterocycles. The van der Waals surface area contributed by atoms with Crippen LogP contribution in [0.25, 0.3) is 5.65 Å². The molecule has 140 valence electrons. The Bertz CT molecular complexity index is 1120. The van der Waals surface area contributed by atoms with Crippen molar-refractivity contribution in [1.29, 1.82) is 0 Å². The van der Waals surface area contributed by atoms with Gasteiger partial charge >= 0.3 is 0 Å². The molecule has 0 saturated carbocycles. The van der Waals surface area contributed by atoms with E-state index in [0.29, 0.717) is 37.0 Å². The van der Waals surface area contributed by atoms with Gasteiger partial charge in [-0.25, -0.2) is 17.2 Å². The van der Waals surface area contributed by atoms with Gasteiger partial charge < -0.3 is 4.90 Å². The lowest BCUT2D eigenvalue weighted by atomic mass is 9.91. The molecule has 6 rings (SSSR count). The van der Waals surface area contributed by atoms with Gasteiger partial charge in [0.15, 0.2) is 5.65 Å². The fourth-order valence-electron chi connectivity index (χ4n) is 3.84. The summed E-state index contributed by atoms with van der Waals surface area (Å²) in [5.41, 5.74) is 0.623. The van der Waals surface area contributed by atoms with Crippen LogP contribution in [-0.2, 0) is 10.0 Å². The highest BCUT2D eigenvalue weighted by Crippen LogP contribution is 2.38. The second-order valence-corrected chi connectivity index (χ2v) is 8.56. The summed E-state index contributed by atoms with van der Waals surface area (Å²) in [6.07, 6.45) is 2.21. The van der Waals surface area contributed by atoms with Gasteiger partial charge in [-0.1, -0.05) is 0 Å². The standard InChI is InChI=1S/C16H14F2N6O2S/c17-10-3-11(18)5-14(4-10)27(25,26)24-12-6-13(24)8-22(7-12)16-2-1-15-20-19-9-23(15)21-16/h1-5,9,12-13H,6-8H2. The first-order chi connectivity index (χ1) is 12.9. The van der Waals surface area contributed by atoms with Gasteiger partial charge in [-0.15, -0.1) is 15.3 Å². The summed E-state index contributed by atoms with van der Waals surface area (Å²) in [4.78, 5) is 1.64. The van der Waals surface area contributed by atoms with Gasteiger partial charge in [-0.05, 0) is 30.7 Å². The summed E-state index contributed by atoms with van der Waals surface area (Å²) in [5.74, 6) is -1.12. The normalized spacial score (nSPS) is 22.8. The van der Waals surface area contributed by atoms with E-state index in [1.54, 1.807) is 10.6 Å². The van der Waals surface area contributed by atoms with E-state index in [1.165, 1.54) is 10.6 Å². The topological polar surface area (TPSA) is 83.7 Å². The van der Waals surface area contributed by atoms with E-state index in [-0.39, 0.29) is 17.0 Å². The molecule has 0 radical (unpaired) electrons. The molecular weight excluding hydrogens is 378 g/mol. The number of nitrogens with zero attached hydrogens (tertiary/aromatic N) is 6. The Morgan fingerprint density at radius 1 is 1.04 bits per heavy atom. The minimum Gasteiger partial charge on any atom is -0.352 e. The minimum atomic E-state index is -3.96. The summed E-state index contributed by atoms with van der Waals surface area (Å²) in [5, 5.41) is 12.1. The van der Waals surface area contributed by atoms with Crippen molar-refractivity contribution < 1.29 is 17.2 Å². The average Bonchev–Trinajstić information content (AvgIpc) is 3.08. The van der Waals surface area contributed by atoms with Crippen molar-refractivity contribution in [2.24, 2.45) is 0 Å². The van der Waals surface area contributed by atoms with Crippen LogP contribution in [0.2, 0.25) is 0 Å². The molecule has 0 N–H and O–H groups in total. The molecule has 3 fully saturated rings. The third-order valence-electron chi connectivity index (χ3n) is 5.01. The van der Waals surface area contributed by atoms with Crippen molar-refractivity contribution in [3.05, 3.63) is 48.3 Å². The third-order valence-corrected chi connectivity index (χ3v) is 6.99. The lowest BCUT2D eigenvalue weighted by Crippen LogP contribution is -2.70. The number of anilines is 1. The number of hydrogen-bond acceptors (Lipinski definition) is 6. The highest BCUT2D eigenvalue weighted by atomic mass is 32.2. The maximum absolute atomic E-state index is 13.5. The zero-order valence-corrected chi connectivity index (χ0v) is 14.7. The van der Waals surface area contributed by atoms with Crippen LogP contribution in [0.5, 0.6) is 0 Å². The lowest BCUT2D eigenvalue weighted by molar-refractivity contribution is 0.0873. The fourth-order valence-corrected chi connectivity index (χ4v) is 5.70. The van der Waals surface area contributed by atoms with Crippen LogP contribution in [0.3, 0.4) is 0 Å². The Labute approximate surface area is 153 Å². The van der Waals surface area contributed by atoms with Crippen LogP contribution in [0.15, 0.2) is 41.6 Å². The zero-order chi connectivity index (χ0) is 18.8. The molecule has 27 heavy (non-hydrogen) atoms. The molecule has 1 aromatic carbocycles. The van der Waals surface area contributed by atoms with Gasteiger partial charge in [0.25, 0.3) is 0 Å². The predicted molar refractivity (Wildman–Crippen MR) is 90.6 cm³/mol. The molecule has 11 heteroatoms. The van der Waals surface area contributed by atoms with Crippen molar-refractivity contribution in [2.45, 2.75) is 23.4 Å². The second kappa shape index (κ2) is 5.67. The quantitative estimate of drug-likeness (QED) is 0.663. The Kier molecular flexibility index (Phi) is 3.46. The number of halogens is 2. The molecule has 2 bridgehead atoms. The average molecular weight is 392 g/mol. The zero-order valence-electron chi connectivity index (χ0n) is 13.9. The molecule has 3 aromatic rings. The van der Waals surface area contributed by atoms with Crippen LogP contribution in [0, 0.1) is 11.6 Å². The van der Waals surface area contributed by atoms with Crippen molar-refractivity contribution in [3.8, 4) is 0 Å². The third kappa shape index (κ3) is 2.57. The molecule has 0 amide bonds.